The average molecular weight is 444 g/mol. The molecule has 158 valence electrons. The second kappa shape index (κ2) is 7.80. The summed E-state index contributed by atoms with van der Waals surface area (Å²) in [6.45, 7) is 1.40. The number of aryl methyl sites for hydroxylation is 1. The molecule has 2 N–H and O–H groups in total. The summed E-state index contributed by atoms with van der Waals surface area (Å²) in [7, 11) is 1.49. The van der Waals surface area contributed by atoms with Gasteiger partial charge in [-0.2, -0.15) is 0 Å². The first-order valence-corrected chi connectivity index (χ1v) is 9.73. The molecule has 0 aliphatic heterocycles. The van der Waals surface area contributed by atoms with E-state index in [0.29, 0.717) is 16.8 Å². The normalized spacial score (nSPS) is 11.0. The van der Waals surface area contributed by atoms with E-state index in [1.807, 2.05) is 0 Å². The second-order valence-electron chi connectivity index (χ2n) is 6.52. The molecule has 10 heteroatoms. The van der Waals surface area contributed by atoms with Gasteiger partial charge in [0, 0.05) is 17.0 Å². The van der Waals surface area contributed by atoms with Crippen molar-refractivity contribution < 1.29 is 32.6 Å². The Bertz CT molecular complexity index is 1350. The molecule has 2 heterocycles. The summed E-state index contributed by atoms with van der Waals surface area (Å²) in [4.78, 5) is 28.5. The molecule has 4 aromatic rings. The monoisotopic (exact) mass is 444 g/mol. The fraction of sp³-hybridized carbons (Fsp3) is 0.0952. The van der Waals surface area contributed by atoms with Crippen molar-refractivity contribution in [2.75, 3.05) is 12.4 Å². The number of aromatic carboxylic acids is 1. The van der Waals surface area contributed by atoms with Crippen molar-refractivity contribution in [3.05, 3.63) is 64.4 Å². The highest BCUT2D eigenvalue weighted by atomic mass is 32.1. The summed E-state index contributed by atoms with van der Waals surface area (Å²) < 4.78 is 38.9. The third-order valence-corrected chi connectivity index (χ3v) is 5.58. The van der Waals surface area contributed by atoms with Crippen LogP contribution in [0.5, 0.6) is 5.75 Å². The number of nitrogens with zero attached hydrogens (tertiary/aromatic N) is 1. The number of methoxy groups -OCH3 is 1. The summed E-state index contributed by atoms with van der Waals surface area (Å²) in [5.41, 5.74) is 0.158. The van der Waals surface area contributed by atoms with Crippen LogP contribution < -0.4 is 10.1 Å². The lowest BCUT2D eigenvalue weighted by molar-refractivity contribution is 0.0699. The van der Waals surface area contributed by atoms with E-state index in [0.717, 1.165) is 11.3 Å². The molecule has 0 fully saturated rings. The predicted molar refractivity (Wildman–Crippen MR) is 110 cm³/mol. The van der Waals surface area contributed by atoms with Crippen molar-refractivity contribution in [3.63, 3.8) is 0 Å². The maximum atomic E-state index is 14.4. The average Bonchev–Trinajstić information content (AvgIpc) is 3.35. The minimum atomic E-state index is -1.41. The van der Waals surface area contributed by atoms with Crippen LogP contribution >= 0.6 is 11.3 Å². The highest BCUT2D eigenvalue weighted by Crippen LogP contribution is 2.38. The van der Waals surface area contributed by atoms with E-state index in [9.17, 15) is 23.5 Å². The van der Waals surface area contributed by atoms with Gasteiger partial charge < -0.3 is 19.6 Å². The molecule has 0 atom stereocenters. The van der Waals surface area contributed by atoms with Gasteiger partial charge in [0.15, 0.2) is 17.2 Å². The number of rotatable bonds is 5. The summed E-state index contributed by atoms with van der Waals surface area (Å²) >= 11 is 0.864. The van der Waals surface area contributed by atoms with Gasteiger partial charge >= 0.3 is 11.9 Å². The zero-order valence-corrected chi connectivity index (χ0v) is 17.0. The molecule has 0 spiro atoms. The molecule has 0 bridgehead atoms. The van der Waals surface area contributed by atoms with Gasteiger partial charge in [0.25, 0.3) is 5.89 Å². The van der Waals surface area contributed by atoms with Crippen molar-refractivity contribution in [2.24, 2.45) is 0 Å². The maximum Gasteiger partial charge on any atom is 0.339 e. The van der Waals surface area contributed by atoms with Crippen LogP contribution in [-0.4, -0.2) is 29.1 Å². The number of hydrogen-bond acceptors (Lipinski definition) is 6. The van der Waals surface area contributed by atoms with Crippen LogP contribution in [0.15, 0.2) is 40.1 Å². The van der Waals surface area contributed by atoms with Crippen LogP contribution in [0.2, 0.25) is 0 Å². The topological polar surface area (TPSA) is 102 Å². The molecule has 1 amide bonds. The number of aromatic nitrogens is 1. The predicted octanol–water partition coefficient (Wildman–Crippen LogP) is 5.10. The molecule has 0 aliphatic carbocycles. The lowest BCUT2D eigenvalue weighted by Crippen LogP contribution is -2.14. The molecule has 0 unspecified atom stereocenters. The molecular weight excluding hydrogens is 430 g/mol. The number of fused-ring (bicyclic) bond motifs is 1. The fourth-order valence-corrected chi connectivity index (χ4v) is 4.00. The van der Waals surface area contributed by atoms with E-state index < -0.39 is 23.5 Å². The van der Waals surface area contributed by atoms with Crippen LogP contribution in [0.25, 0.3) is 21.5 Å². The second-order valence-corrected chi connectivity index (χ2v) is 7.40. The van der Waals surface area contributed by atoms with E-state index >= 15 is 0 Å². The fourth-order valence-electron chi connectivity index (χ4n) is 2.99. The maximum absolute atomic E-state index is 14.4. The number of carboxylic acids is 1. The SMILES string of the molecule is COc1ccc2oc(C(=O)Nc3csc(-c4ccc(C)c(F)c4F)c3C(=O)O)nc2c1. The third-order valence-electron chi connectivity index (χ3n) is 4.56. The van der Waals surface area contributed by atoms with Gasteiger partial charge in [-0.25, -0.2) is 18.6 Å². The summed E-state index contributed by atoms with van der Waals surface area (Å²) in [5, 5.41) is 13.4. The first kappa shape index (κ1) is 20.5. The molecule has 0 saturated carbocycles. The van der Waals surface area contributed by atoms with Gasteiger partial charge in [0.1, 0.15) is 16.8 Å². The number of ether oxygens (including phenoxy) is 1. The minimum absolute atomic E-state index is 0.0264. The number of thiophene rings is 1. The lowest BCUT2D eigenvalue weighted by Gasteiger charge is -2.07. The Morgan fingerprint density at radius 3 is 2.68 bits per heavy atom. The smallest absolute Gasteiger partial charge is 0.339 e. The Labute approximate surface area is 177 Å². The quantitative estimate of drug-likeness (QED) is 0.444. The molecular formula is C21H14F2N2O5S. The van der Waals surface area contributed by atoms with Gasteiger partial charge in [-0.1, -0.05) is 12.1 Å². The van der Waals surface area contributed by atoms with Gasteiger partial charge in [0.05, 0.1) is 17.7 Å². The molecule has 2 aromatic heterocycles. The van der Waals surface area contributed by atoms with Gasteiger partial charge in [-0.15, -0.1) is 11.3 Å². The zero-order chi connectivity index (χ0) is 22.3. The number of halogens is 2. The largest absolute Gasteiger partial charge is 0.497 e. The number of nitrogens with one attached hydrogen (secondary N) is 1. The highest BCUT2D eigenvalue weighted by Gasteiger charge is 2.26. The Balaban J connectivity index is 1.70. The van der Waals surface area contributed by atoms with Crippen LogP contribution in [0, 0.1) is 18.6 Å². The molecule has 2 aromatic carbocycles. The molecule has 0 saturated heterocycles. The van der Waals surface area contributed by atoms with Crippen LogP contribution in [0.4, 0.5) is 14.5 Å². The van der Waals surface area contributed by atoms with Gasteiger partial charge in [-0.05, 0) is 24.6 Å². The minimum Gasteiger partial charge on any atom is -0.497 e. The number of hydrogen-bond donors (Lipinski definition) is 2. The number of carboxylic acid groups (broad SMARTS) is 1. The number of carbonyl (C=O) groups is 2. The van der Waals surface area contributed by atoms with Crippen molar-refractivity contribution in [1.82, 2.24) is 4.98 Å². The molecule has 31 heavy (non-hydrogen) atoms. The first-order valence-electron chi connectivity index (χ1n) is 8.85. The van der Waals surface area contributed by atoms with Crippen LogP contribution in [0.1, 0.15) is 26.6 Å². The number of amides is 1. The van der Waals surface area contributed by atoms with E-state index in [4.69, 9.17) is 9.15 Å². The molecule has 7 nitrogen and oxygen atoms in total. The number of oxazole rings is 1. The van der Waals surface area contributed by atoms with E-state index in [1.54, 1.807) is 18.2 Å². The number of benzene rings is 2. The summed E-state index contributed by atoms with van der Waals surface area (Å²) in [6, 6.07) is 7.45. The van der Waals surface area contributed by atoms with Crippen molar-refractivity contribution in [3.8, 4) is 16.2 Å². The number of anilines is 1. The van der Waals surface area contributed by atoms with Crippen LogP contribution in [0.3, 0.4) is 0 Å². The Morgan fingerprint density at radius 2 is 1.97 bits per heavy atom. The Kier molecular flexibility index (Phi) is 5.15. The Morgan fingerprint density at radius 1 is 1.19 bits per heavy atom. The molecule has 0 radical (unpaired) electrons. The Hall–Kier alpha value is -3.79. The summed E-state index contributed by atoms with van der Waals surface area (Å²) in [5.74, 6) is -4.19. The third kappa shape index (κ3) is 3.61. The van der Waals surface area contributed by atoms with Crippen molar-refractivity contribution in [1.29, 1.82) is 0 Å². The van der Waals surface area contributed by atoms with Crippen molar-refractivity contribution in [2.45, 2.75) is 6.92 Å². The highest BCUT2D eigenvalue weighted by molar-refractivity contribution is 7.14. The van der Waals surface area contributed by atoms with Crippen molar-refractivity contribution >= 4 is 40.0 Å². The van der Waals surface area contributed by atoms with Gasteiger partial charge in [-0.3, -0.25) is 4.79 Å². The number of carbonyl (C=O) groups excluding carboxylic acids is 1. The van der Waals surface area contributed by atoms with E-state index in [1.165, 1.54) is 31.5 Å². The first-order chi connectivity index (χ1) is 14.8. The van der Waals surface area contributed by atoms with E-state index in [2.05, 4.69) is 10.3 Å². The standard InChI is InChI=1S/C21H14F2N2O5S/c1-9-3-5-11(17(23)16(9)22)18-15(21(27)28)13(8-31-18)24-19(26)20-25-12-7-10(29-2)4-6-14(12)30-20/h3-8H,1-2H3,(H,24,26)(H,27,28). The van der Waals surface area contributed by atoms with E-state index in [-0.39, 0.29) is 33.1 Å². The molecule has 0 aliphatic rings. The molecule has 4 rings (SSSR count). The lowest BCUT2D eigenvalue weighted by atomic mass is 10.1. The summed E-state index contributed by atoms with van der Waals surface area (Å²) in [6.07, 6.45) is 0. The zero-order valence-electron chi connectivity index (χ0n) is 16.2. The van der Waals surface area contributed by atoms with Gasteiger partial charge in [0.2, 0.25) is 0 Å². The van der Waals surface area contributed by atoms with Crippen LogP contribution in [-0.2, 0) is 0 Å².